The first kappa shape index (κ1) is 36.5. The van der Waals surface area contributed by atoms with Gasteiger partial charge in [0.1, 0.15) is 29.9 Å². The highest BCUT2D eigenvalue weighted by molar-refractivity contribution is 5.96. The number of hydrogen-bond donors (Lipinski definition) is 7. The van der Waals surface area contributed by atoms with Crippen molar-refractivity contribution in [3.63, 3.8) is 0 Å². The summed E-state index contributed by atoms with van der Waals surface area (Å²) in [5, 5.41) is 28.9. The average molecular weight is 653 g/mol. The van der Waals surface area contributed by atoms with Crippen LogP contribution in [0.25, 0.3) is 0 Å². The number of rotatable bonds is 15. The molecule has 0 aromatic heterocycles. The number of phenols is 1. The molecule has 0 aliphatic carbocycles. The monoisotopic (exact) mass is 652 g/mol. The van der Waals surface area contributed by atoms with Crippen LogP contribution in [0, 0.1) is 5.92 Å². The largest absolute Gasteiger partial charge is 0.508 e. The molecule has 0 spiro atoms. The Hall–Kier alpha value is -4.98. The number of aromatic hydroxyl groups is 1. The van der Waals surface area contributed by atoms with Crippen molar-refractivity contribution in [3.05, 3.63) is 65.7 Å². The Morgan fingerprint density at radius 1 is 0.872 bits per heavy atom. The van der Waals surface area contributed by atoms with Crippen LogP contribution in [0.15, 0.2) is 54.6 Å². The lowest BCUT2D eigenvalue weighted by Crippen LogP contribution is -2.59. The summed E-state index contributed by atoms with van der Waals surface area (Å²) in [5.74, 6) is -4.54. The highest BCUT2D eigenvalue weighted by Crippen LogP contribution is 2.21. The van der Waals surface area contributed by atoms with Gasteiger partial charge < -0.3 is 42.1 Å². The van der Waals surface area contributed by atoms with E-state index < -0.39 is 78.2 Å². The second-order valence-electron chi connectivity index (χ2n) is 12.0. The minimum Gasteiger partial charge on any atom is -0.508 e. The number of nitrogens with zero attached hydrogens (tertiary/aromatic N) is 1. The van der Waals surface area contributed by atoms with Crippen LogP contribution in [-0.2, 0) is 41.6 Å². The molecule has 0 unspecified atom stereocenters. The number of amides is 5. The van der Waals surface area contributed by atoms with Gasteiger partial charge in [-0.1, -0.05) is 56.3 Å². The number of carbonyl (C=O) groups excluding carboxylic acids is 5. The van der Waals surface area contributed by atoms with Crippen molar-refractivity contribution >= 4 is 35.5 Å². The normalized spacial score (nSPS) is 16.8. The molecular weight excluding hydrogens is 608 g/mol. The van der Waals surface area contributed by atoms with E-state index in [1.54, 1.807) is 26.0 Å². The summed E-state index contributed by atoms with van der Waals surface area (Å²) in [7, 11) is 0. The second-order valence-corrected chi connectivity index (χ2v) is 12.0. The van der Waals surface area contributed by atoms with Crippen molar-refractivity contribution in [2.75, 3.05) is 13.1 Å². The highest BCUT2D eigenvalue weighted by Gasteiger charge is 2.39. The summed E-state index contributed by atoms with van der Waals surface area (Å²) < 4.78 is 0. The van der Waals surface area contributed by atoms with Crippen LogP contribution in [0.2, 0.25) is 0 Å². The number of nitrogens with two attached hydrogens (primary N) is 1. The molecule has 254 valence electrons. The van der Waals surface area contributed by atoms with Crippen molar-refractivity contribution in [1.29, 1.82) is 0 Å². The molecule has 8 N–H and O–H groups in total. The summed E-state index contributed by atoms with van der Waals surface area (Å²) in [6, 6.07) is 10.2. The van der Waals surface area contributed by atoms with Gasteiger partial charge in [0.15, 0.2) is 0 Å². The Kier molecular flexibility index (Phi) is 13.3. The van der Waals surface area contributed by atoms with Gasteiger partial charge in [0.25, 0.3) is 0 Å². The number of hydrogen-bond acceptors (Lipinski definition) is 8. The summed E-state index contributed by atoms with van der Waals surface area (Å²) in [6.45, 7) is 4.56. The number of phenolic OH excluding ortho intramolecular Hbond substituents is 1. The Bertz CT molecular complexity index is 1420. The molecule has 0 radical (unpaired) electrons. The fourth-order valence-electron chi connectivity index (χ4n) is 5.21. The number of nitrogens with one attached hydrogen (secondary N) is 4. The number of aliphatic carboxylic acids is 1. The number of carboxylic acids is 1. The van der Waals surface area contributed by atoms with Gasteiger partial charge in [0.05, 0.1) is 12.6 Å². The van der Waals surface area contributed by atoms with Crippen LogP contribution in [0.3, 0.4) is 0 Å². The van der Waals surface area contributed by atoms with Crippen LogP contribution in [0.1, 0.15) is 44.7 Å². The molecule has 3 rings (SSSR count). The molecule has 1 fully saturated rings. The van der Waals surface area contributed by atoms with Crippen LogP contribution >= 0.6 is 0 Å². The summed E-state index contributed by atoms with van der Waals surface area (Å²) in [6.07, 6.45) is 1.14. The van der Waals surface area contributed by atoms with E-state index in [-0.39, 0.29) is 25.1 Å². The molecule has 2 aromatic carbocycles. The maximum Gasteiger partial charge on any atom is 0.325 e. The first-order chi connectivity index (χ1) is 22.3. The van der Waals surface area contributed by atoms with Crippen molar-refractivity contribution in [1.82, 2.24) is 26.2 Å². The lowest BCUT2D eigenvalue weighted by molar-refractivity contribution is -0.143. The number of carboxylic acid groups (broad SMARTS) is 1. The lowest BCUT2D eigenvalue weighted by Gasteiger charge is -2.31. The van der Waals surface area contributed by atoms with Gasteiger partial charge in [-0.25, -0.2) is 0 Å². The van der Waals surface area contributed by atoms with Crippen molar-refractivity contribution in [3.8, 4) is 5.75 Å². The summed E-state index contributed by atoms with van der Waals surface area (Å²) >= 11 is 0. The maximum absolute atomic E-state index is 13.8. The van der Waals surface area contributed by atoms with Gasteiger partial charge in [-0.15, -0.1) is 0 Å². The molecule has 14 heteroatoms. The standard InChI is InChI=1S/C33H44N6O8/c1-19(2)28(32(45)39-15-7-10-26(39)31(44)35-18-27(41)36-20(3)33(46)47)38-30(43)25(17-22-11-13-23(40)14-12-22)37-29(42)24(34)16-21-8-5-4-6-9-21/h4-6,8-9,11-14,19-20,24-26,28,40H,7,10,15-18,34H2,1-3H3,(H,35,44)(H,36,41)(H,37,42)(H,38,43)(H,46,47)/t20-,24-,25-,26-,28-/m0/s1. The maximum atomic E-state index is 13.8. The molecule has 5 atom stereocenters. The zero-order chi connectivity index (χ0) is 34.7. The quantitative estimate of drug-likeness (QED) is 0.136. The first-order valence-electron chi connectivity index (χ1n) is 15.5. The fraction of sp³-hybridized carbons (Fsp3) is 0.455. The average Bonchev–Trinajstić information content (AvgIpc) is 3.53. The lowest BCUT2D eigenvalue weighted by atomic mass is 9.99. The molecular formula is C33H44N6O8. The van der Waals surface area contributed by atoms with Crippen LogP contribution < -0.4 is 27.0 Å². The Balaban J connectivity index is 1.72. The summed E-state index contributed by atoms with van der Waals surface area (Å²) in [4.78, 5) is 78.1. The van der Waals surface area contributed by atoms with Gasteiger partial charge in [0, 0.05) is 13.0 Å². The van der Waals surface area contributed by atoms with Crippen molar-refractivity contribution in [2.24, 2.45) is 11.7 Å². The van der Waals surface area contributed by atoms with E-state index in [4.69, 9.17) is 10.8 Å². The molecule has 1 aliphatic heterocycles. The predicted molar refractivity (Wildman–Crippen MR) is 172 cm³/mol. The first-order valence-corrected chi connectivity index (χ1v) is 15.5. The van der Waals surface area contributed by atoms with E-state index in [1.807, 2.05) is 30.3 Å². The molecule has 5 amide bonds. The number of benzene rings is 2. The van der Waals surface area contributed by atoms with Gasteiger partial charge in [-0.3, -0.25) is 28.8 Å². The molecule has 2 aromatic rings. The molecule has 0 bridgehead atoms. The van der Waals surface area contributed by atoms with E-state index in [0.717, 1.165) is 5.56 Å². The van der Waals surface area contributed by atoms with Gasteiger partial charge in [-0.05, 0) is 55.4 Å². The van der Waals surface area contributed by atoms with Crippen molar-refractivity contribution < 1.29 is 39.0 Å². The minimum absolute atomic E-state index is 0.0359. The smallest absolute Gasteiger partial charge is 0.325 e. The molecule has 1 aliphatic rings. The Morgan fingerprint density at radius 2 is 1.51 bits per heavy atom. The van der Waals surface area contributed by atoms with E-state index in [1.165, 1.54) is 24.0 Å². The van der Waals surface area contributed by atoms with Gasteiger partial charge in [0.2, 0.25) is 29.5 Å². The van der Waals surface area contributed by atoms with Crippen LogP contribution in [-0.4, -0.2) is 93.9 Å². The Labute approximate surface area is 273 Å². The fourth-order valence-corrected chi connectivity index (χ4v) is 5.21. The van der Waals surface area contributed by atoms with E-state index in [9.17, 15) is 33.9 Å². The molecule has 14 nitrogen and oxygen atoms in total. The van der Waals surface area contributed by atoms with E-state index in [0.29, 0.717) is 18.4 Å². The second kappa shape index (κ2) is 17.1. The third kappa shape index (κ3) is 10.8. The zero-order valence-corrected chi connectivity index (χ0v) is 26.8. The topological polar surface area (TPSA) is 220 Å². The molecule has 1 saturated heterocycles. The SMILES string of the molecule is CC(C)[C@H](NC(=O)[C@H](Cc1ccc(O)cc1)NC(=O)[C@@H](N)Cc1ccccc1)C(=O)N1CCC[C@H]1C(=O)NCC(=O)N[C@@H](C)C(=O)O. The summed E-state index contributed by atoms with van der Waals surface area (Å²) in [5.41, 5.74) is 7.68. The highest BCUT2D eigenvalue weighted by atomic mass is 16.4. The minimum atomic E-state index is -1.22. The van der Waals surface area contributed by atoms with Gasteiger partial charge >= 0.3 is 5.97 Å². The van der Waals surface area contributed by atoms with Crippen molar-refractivity contribution in [2.45, 2.75) is 76.7 Å². The van der Waals surface area contributed by atoms with E-state index >= 15 is 0 Å². The number of likely N-dealkylation sites (tertiary alicyclic amines) is 1. The third-order valence-electron chi connectivity index (χ3n) is 7.88. The van der Waals surface area contributed by atoms with Gasteiger partial charge in [-0.2, -0.15) is 0 Å². The molecule has 47 heavy (non-hydrogen) atoms. The van der Waals surface area contributed by atoms with Crippen LogP contribution in [0.5, 0.6) is 5.75 Å². The predicted octanol–water partition coefficient (Wildman–Crippen LogP) is -0.173. The molecule has 1 heterocycles. The molecule has 0 saturated carbocycles. The zero-order valence-electron chi connectivity index (χ0n) is 26.8. The van der Waals surface area contributed by atoms with Crippen LogP contribution in [0.4, 0.5) is 0 Å². The number of carbonyl (C=O) groups is 6. The third-order valence-corrected chi connectivity index (χ3v) is 7.88. The Morgan fingerprint density at radius 3 is 2.13 bits per heavy atom. The van der Waals surface area contributed by atoms with E-state index in [2.05, 4.69) is 21.3 Å².